The number of likely N-dealkylation sites (N-methyl/N-ethyl adjacent to an activating group) is 1. The van der Waals surface area contributed by atoms with Crippen LogP contribution < -0.4 is 4.90 Å². The molecule has 3 aromatic heterocycles. The molecule has 126 valence electrons. The van der Waals surface area contributed by atoms with Crippen molar-refractivity contribution in [1.82, 2.24) is 29.6 Å². The minimum Gasteiger partial charge on any atom is -0.353 e. The number of hydrogen-bond acceptors (Lipinski definition) is 7. The van der Waals surface area contributed by atoms with Crippen LogP contribution in [0.15, 0.2) is 17.9 Å². The van der Waals surface area contributed by atoms with Crippen LogP contribution in [-0.2, 0) is 13.0 Å². The molecule has 7 nitrogen and oxygen atoms in total. The van der Waals surface area contributed by atoms with Gasteiger partial charge in [-0.3, -0.25) is 0 Å². The van der Waals surface area contributed by atoms with Gasteiger partial charge in [0, 0.05) is 31.6 Å². The van der Waals surface area contributed by atoms with E-state index in [9.17, 15) is 0 Å². The highest BCUT2D eigenvalue weighted by Crippen LogP contribution is 2.24. The first-order chi connectivity index (χ1) is 11.7. The molecule has 0 aliphatic carbocycles. The number of piperazine rings is 1. The van der Waals surface area contributed by atoms with Gasteiger partial charge in [0.25, 0.3) is 0 Å². The van der Waals surface area contributed by atoms with Crippen LogP contribution in [0.3, 0.4) is 0 Å². The molecular formula is C16H21N7S. The molecule has 8 heteroatoms. The number of fused-ring (bicyclic) bond motifs is 1. The molecule has 0 spiro atoms. The molecule has 4 rings (SSSR count). The summed E-state index contributed by atoms with van der Waals surface area (Å²) < 4.78 is 1.92. The van der Waals surface area contributed by atoms with E-state index in [0.29, 0.717) is 6.54 Å². The summed E-state index contributed by atoms with van der Waals surface area (Å²) in [7, 11) is 2.16. The second-order valence-electron chi connectivity index (χ2n) is 6.11. The zero-order valence-corrected chi connectivity index (χ0v) is 14.8. The molecule has 0 radical (unpaired) electrons. The van der Waals surface area contributed by atoms with Gasteiger partial charge in [-0.1, -0.05) is 6.92 Å². The van der Waals surface area contributed by atoms with Crippen LogP contribution in [0.4, 0.5) is 5.82 Å². The smallest absolute Gasteiger partial charge is 0.163 e. The molecule has 0 unspecified atom stereocenters. The zero-order chi connectivity index (χ0) is 16.5. The third-order valence-corrected chi connectivity index (χ3v) is 5.47. The van der Waals surface area contributed by atoms with Gasteiger partial charge in [0.2, 0.25) is 0 Å². The number of nitrogens with zero attached hydrogens (tertiary/aromatic N) is 7. The van der Waals surface area contributed by atoms with Gasteiger partial charge in [-0.05, 0) is 13.5 Å². The molecule has 0 bridgehead atoms. The molecule has 3 aromatic rings. The number of rotatable bonds is 4. The topological polar surface area (TPSA) is 63.0 Å². The van der Waals surface area contributed by atoms with E-state index in [1.807, 2.05) is 10.9 Å². The summed E-state index contributed by atoms with van der Waals surface area (Å²) in [5.74, 6) is 0.992. The lowest BCUT2D eigenvalue weighted by atomic mass is 10.3. The maximum absolute atomic E-state index is 4.63. The Morgan fingerprint density at radius 2 is 2.00 bits per heavy atom. The number of anilines is 1. The van der Waals surface area contributed by atoms with Crippen LogP contribution in [0.5, 0.6) is 0 Å². The molecule has 0 atom stereocenters. The van der Waals surface area contributed by atoms with Crippen molar-refractivity contribution >= 4 is 28.2 Å². The summed E-state index contributed by atoms with van der Waals surface area (Å²) >= 11 is 1.70. The Kier molecular flexibility index (Phi) is 4.15. The van der Waals surface area contributed by atoms with E-state index in [-0.39, 0.29) is 0 Å². The number of aryl methyl sites for hydroxylation is 1. The predicted octanol–water partition coefficient (Wildman–Crippen LogP) is 1.65. The summed E-state index contributed by atoms with van der Waals surface area (Å²) in [4.78, 5) is 18.3. The highest BCUT2D eigenvalue weighted by Gasteiger charge is 2.19. The summed E-state index contributed by atoms with van der Waals surface area (Å²) in [6.45, 7) is 6.86. The van der Waals surface area contributed by atoms with Gasteiger partial charge in [0.15, 0.2) is 5.65 Å². The molecule has 0 saturated carbocycles. The first-order valence-corrected chi connectivity index (χ1v) is 9.16. The fourth-order valence-corrected chi connectivity index (χ4v) is 3.74. The summed E-state index contributed by atoms with van der Waals surface area (Å²) in [5, 5.41) is 8.83. The summed E-state index contributed by atoms with van der Waals surface area (Å²) in [6, 6.07) is 0. The van der Waals surface area contributed by atoms with E-state index in [1.165, 1.54) is 0 Å². The number of hydrogen-bond donors (Lipinski definition) is 0. The van der Waals surface area contributed by atoms with E-state index in [2.05, 4.69) is 49.2 Å². The average Bonchev–Trinajstić information content (AvgIpc) is 3.23. The fourth-order valence-electron chi connectivity index (χ4n) is 3.00. The van der Waals surface area contributed by atoms with Crippen molar-refractivity contribution in [2.75, 3.05) is 38.1 Å². The molecule has 0 aromatic carbocycles. The lowest BCUT2D eigenvalue weighted by molar-refractivity contribution is 0.312. The maximum Gasteiger partial charge on any atom is 0.163 e. The molecular weight excluding hydrogens is 322 g/mol. The van der Waals surface area contributed by atoms with Crippen LogP contribution in [0.1, 0.15) is 17.6 Å². The Bertz CT molecular complexity index is 832. The van der Waals surface area contributed by atoms with Crippen molar-refractivity contribution in [2.45, 2.75) is 19.9 Å². The molecule has 24 heavy (non-hydrogen) atoms. The first-order valence-electron chi connectivity index (χ1n) is 8.28. The molecule has 1 aliphatic heterocycles. The Morgan fingerprint density at radius 3 is 2.75 bits per heavy atom. The Morgan fingerprint density at radius 1 is 1.17 bits per heavy atom. The molecule has 1 saturated heterocycles. The van der Waals surface area contributed by atoms with Crippen LogP contribution in [0, 0.1) is 0 Å². The van der Waals surface area contributed by atoms with Crippen LogP contribution in [0.25, 0.3) is 11.0 Å². The molecule has 0 N–H and O–H groups in total. The summed E-state index contributed by atoms with van der Waals surface area (Å²) in [6.07, 6.45) is 4.50. The van der Waals surface area contributed by atoms with E-state index >= 15 is 0 Å². The minimum atomic E-state index is 0.652. The Hall–Kier alpha value is -2.06. The number of thiazole rings is 1. The predicted molar refractivity (Wildman–Crippen MR) is 95.6 cm³/mol. The van der Waals surface area contributed by atoms with Crippen molar-refractivity contribution in [3.8, 4) is 0 Å². The van der Waals surface area contributed by atoms with E-state index < -0.39 is 0 Å². The molecule has 0 amide bonds. The van der Waals surface area contributed by atoms with Gasteiger partial charge in [-0.2, -0.15) is 5.10 Å². The van der Waals surface area contributed by atoms with E-state index in [4.69, 9.17) is 0 Å². The van der Waals surface area contributed by atoms with Crippen molar-refractivity contribution in [3.63, 3.8) is 0 Å². The zero-order valence-electron chi connectivity index (χ0n) is 14.0. The largest absolute Gasteiger partial charge is 0.353 e. The van der Waals surface area contributed by atoms with Crippen molar-refractivity contribution in [1.29, 1.82) is 0 Å². The third-order valence-electron chi connectivity index (χ3n) is 4.43. The van der Waals surface area contributed by atoms with Gasteiger partial charge < -0.3 is 9.80 Å². The van der Waals surface area contributed by atoms with Crippen molar-refractivity contribution < 1.29 is 0 Å². The van der Waals surface area contributed by atoms with Crippen LogP contribution >= 0.6 is 11.3 Å². The maximum atomic E-state index is 4.63. The normalized spacial score (nSPS) is 16.2. The second kappa shape index (κ2) is 6.45. The lowest BCUT2D eigenvalue weighted by Crippen LogP contribution is -2.44. The van der Waals surface area contributed by atoms with Crippen molar-refractivity contribution in [2.24, 2.45) is 0 Å². The SMILES string of the molecule is CCc1nc(Cn2ncc3c(N4CCN(C)CC4)ncnc32)cs1. The minimum absolute atomic E-state index is 0.652. The van der Waals surface area contributed by atoms with Gasteiger partial charge in [-0.15, -0.1) is 11.3 Å². The third kappa shape index (κ3) is 2.87. The van der Waals surface area contributed by atoms with E-state index in [1.54, 1.807) is 17.7 Å². The highest BCUT2D eigenvalue weighted by molar-refractivity contribution is 7.09. The number of aromatic nitrogens is 5. The monoisotopic (exact) mass is 343 g/mol. The molecule has 1 fully saturated rings. The highest BCUT2D eigenvalue weighted by atomic mass is 32.1. The molecule has 4 heterocycles. The summed E-state index contributed by atoms with van der Waals surface area (Å²) in [5.41, 5.74) is 1.92. The van der Waals surface area contributed by atoms with Crippen LogP contribution in [0.2, 0.25) is 0 Å². The van der Waals surface area contributed by atoms with E-state index in [0.717, 1.165) is 60.2 Å². The average molecular weight is 343 g/mol. The first kappa shape index (κ1) is 15.5. The van der Waals surface area contributed by atoms with Gasteiger partial charge >= 0.3 is 0 Å². The second-order valence-corrected chi connectivity index (χ2v) is 7.06. The van der Waals surface area contributed by atoms with Gasteiger partial charge in [0.1, 0.15) is 12.1 Å². The van der Waals surface area contributed by atoms with Crippen molar-refractivity contribution in [3.05, 3.63) is 28.6 Å². The lowest BCUT2D eigenvalue weighted by Gasteiger charge is -2.33. The van der Waals surface area contributed by atoms with Gasteiger partial charge in [0.05, 0.1) is 28.8 Å². The van der Waals surface area contributed by atoms with Gasteiger partial charge in [-0.25, -0.2) is 19.6 Å². The van der Waals surface area contributed by atoms with Crippen LogP contribution in [-0.4, -0.2) is 62.9 Å². The Labute approximate surface area is 145 Å². The molecule has 1 aliphatic rings. The fraction of sp³-hybridized carbons (Fsp3) is 0.500. The Balaban J connectivity index is 1.63. The standard InChI is InChI=1S/C16H21N7S/c1-3-14-20-12(10-24-14)9-23-16-13(8-19-23)15(17-11-18-16)22-6-4-21(2)5-7-22/h8,10-11H,3-7,9H2,1-2H3. The quantitative estimate of drug-likeness (QED) is 0.718.